The quantitative estimate of drug-likeness (QED) is 0.824. The summed E-state index contributed by atoms with van der Waals surface area (Å²) in [5, 5.41) is 9.94. The number of nitrogens with zero attached hydrogens (tertiary/aromatic N) is 1. The van der Waals surface area contributed by atoms with Gasteiger partial charge in [-0.15, -0.1) is 0 Å². The van der Waals surface area contributed by atoms with E-state index in [0.29, 0.717) is 12.8 Å². The van der Waals surface area contributed by atoms with Gasteiger partial charge in [0.1, 0.15) is 0 Å². The summed E-state index contributed by atoms with van der Waals surface area (Å²) in [6.45, 7) is 0. The maximum absolute atomic E-state index is 12.2. The van der Waals surface area contributed by atoms with Crippen LogP contribution in [0.25, 0.3) is 0 Å². The Balaban J connectivity index is 1.89. The van der Waals surface area contributed by atoms with Crippen LogP contribution >= 0.6 is 0 Å². The van der Waals surface area contributed by atoms with E-state index in [9.17, 15) is 18.3 Å². The van der Waals surface area contributed by atoms with Crippen LogP contribution in [0.3, 0.4) is 0 Å². The highest BCUT2D eigenvalue weighted by Gasteiger charge is 2.33. The number of likely N-dealkylation sites (N-methyl/N-ethyl adjacent to an activating group) is 1. The summed E-state index contributed by atoms with van der Waals surface area (Å²) in [6, 6.07) is -0.0979. The summed E-state index contributed by atoms with van der Waals surface area (Å²) in [7, 11) is -1.20. The molecule has 3 atom stereocenters. The van der Waals surface area contributed by atoms with E-state index < -0.39 is 15.9 Å². The summed E-state index contributed by atoms with van der Waals surface area (Å²) in [6.07, 6.45) is 4.09. The van der Waals surface area contributed by atoms with Crippen LogP contribution in [0.1, 0.15) is 38.5 Å². The Labute approximate surface area is 114 Å². The Kier molecular flexibility index (Phi) is 4.50. The number of carbonyl (C=O) groups is 1. The molecule has 0 spiro atoms. The lowest BCUT2D eigenvalue weighted by Gasteiger charge is -2.35. The minimum Gasteiger partial charge on any atom is -0.391 e. The number of rotatable bonds is 3. The fraction of sp³-hybridized carbons (Fsp3) is 0.923. The number of carbonyl (C=O) groups excluding carboxylic acids is 1. The zero-order valence-electron chi connectivity index (χ0n) is 11.4. The first-order valence-corrected chi connectivity index (χ1v) is 8.85. The van der Waals surface area contributed by atoms with Gasteiger partial charge in [-0.3, -0.25) is 4.79 Å². The molecule has 1 N–H and O–H groups in total. The summed E-state index contributed by atoms with van der Waals surface area (Å²) >= 11 is 0. The molecule has 0 aromatic heterocycles. The van der Waals surface area contributed by atoms with Gasteiger partial charge >= 0.3 is 0 Å². The molecule has 2 rings (SSSR count). The average Bonchev–Trinajstić information content (AvgIpc) is 2.68. The topological polar surface area (TPSA) is 74.7 Å². The average molecular weight is 289 g/mol. The fourth-order valence-electron chi connectivity index (χ4n) is 3.15. The zero-order valence-corrected chi connectivity index (χ0v) is 12.2. The molecule has 0 bridgehead atoms. The minimum absolute atomic E-state index is 0.0342. The second-order valence-electron chi connectivity index (χ2n) is 5.90. The number of sulfone groups is 1. The molecule has 1 amide bonds. The van der Waals surface area contributed by atoms with Crippen LogP contribution < -0.4 is 0 Å². The van der Waals surface area contributed by atoms with Crippen LogP contribution in [0.15, 0.2) is 0 Å². The minimum atomic E-state index is -2.92. The molecule has 0 aromatic rings. The first kappa shape index (κ1) is 14.8. The normalized spacial score (nSPS) is 34.1. The molecule has 0 radical (unpaired) electrons. The van der Waals surface area contributed by atoms with Gasteiger partial charge in [0.25, 0.3) is 0 Å². The Bertz CT molecular complexity index is 434. The van der Waals surface area contributed by atoms with Crippen LogP contribution in [0, 0.1) is 5.92 Å². The summed E-state index contributed by atoms with van der Waals surface area (Å²) in [5.74, 6) is 0.272. The van der Waals surface area contributed by atoms with Gasteiger partial charge in [0.2, 0.25) is 5.91 Å². The molecule has 5 nitrogen and oxygen atoms in total. The van der Waals surface area contributed by atoms with Crippen molar-refractivity contribution in [3.8, 4) is 0 Å². The lowest BCUT2D eigenvalue weighted by atomic mass is 9.91. The highest BCUT2D eigenvalue weighted by molar-refractivity contribution is 7.91. The van der Waals surface area contributed by atoms with E-state index in [1.807, 2.05) is 0 Å². The van der Waals surface area contributed by atoms with Gasteiger partial charge in [-0.1, -0.05) is 12.8 Å². The van der Waals surface area contributed by atoms with Crippen molar-refractivity contribution in [1.82, 2.24) is 4.90 Å². The van der Waals surface area contributed by atoms with Crippen molar-refractivity contribution in [2.24, 2.45) is 5.92 Å². The van der Waals surface area contributed by atoms with Crippen LogP contribution in [0.2, 0.25) is 0 Å². The van der Waals surface area contributed by atoms with Crippen molar-refractivity contribution in [2.75, 3.05) is 18.6 Å². The van der Waals surface area contributed by atoms with Crippen molar-refractivity contribution < 1.29 is 18.3 Å². The van der Waals surface area contributed by atoms with Gasteiger partial charge < -0.3 is 10.0 Å². The Morgan fingerprint density at radius 3 is 2.53 bits per heavy atom. The molecule has 2 aliphatic rings. The molecule has 2 fully saturated rings. The van der Waals surface area contributed by atoms with E-state index in [0.717, 1.165) is 25.7 Å². The molecule has 110 valence electrons. The molecule has 1 heterocycles. The maximum atomic E-state index is 12.2. The van der Waals surface area contributed by atoms with Crippen molar-refractivity contribution in [3.05, 3.63) is 0 Å². The number of aliphatic hydroxyl groups excluding tert-OH is 1. The lowest BCUT2D eigenvalue weighted by Crippen LogP contribution is -2.46. The van der Waals surface area contributed by atoms with Crippen LogP contribution in [-0.4, -0.2) is 55.0 Å². The highest BCUT2D eigenvalue weighted by atomic mass is 32.2. The first-order chi connectivity index (χ1) is 8.89. The predicted octanol–water partition coefficient (Wildman–Crippen LogP) is 0.573. The van der Waals surface area contributed by atoms with Crippen molar-refractivity contribution in [1.29, 1.82) is 0 Å². The lowest BCUT2D eigenvalue weighted by molar-refractivity contribution is -0.136. The molecule has 19 heavy (non-hydrogen) atoms. The van der Waals surface area contributed by atoms with Gasteiger partial charge in [0, 0.05) is 13.5 Å². The van der Waals surface area contributed by atoms with Crippen molar-refractivity contribution in [2.45, 2.75) is 50.7 Å². The van der Waals surface area contributed by atoms with Gasteiger partial charge in [-0.2, -0.15) is 0 Å². The number of amides is 1. The van der Waals surface area contributed by atoms with E-state index in [-0.39, 0.29) is 29.4 Å². The molecule has 1 aliphatic carbocycles. The number of hydrogen-bond acceptors (Lipinski definition) is 4. The Hall–Kier alpha value is -0.620. The number of hydrogen-bond donors (Lipinski definition) is 1. The van der Waals surface area contributed by atoms with Gasteiger partial charge in [-0.05, 0) is 25.2 Å². The molecular weight excluding hydrogens is 266 g/mol. The van der Waals surface area contributed by atoms with Gasteiger partial charge in [0.15, 0.2) is 9.84 Å². The summed E-state index contributed by atoms with van der Waals surface area (Å²) in [4.78, 5) is 13.8. The third kappa shape index (κ3) is 3.69. The van der Waals surface area contributed by atoms with Crippen LogP contribution in [0.5, 0.6) is 0 Å². The molecule has 0 aromatic carbocycles. The molecule has 6 heteroatoms. The van der Waals surface area contributed by atoms with E-state index in [1.165, 1.54) is 0 Å². The van der Waals surface area contributed by atoms with Crippen LogP contribution in [-0.2, 0) is 14.6 Å². The molecular formula is C13H23NO4S. The Morgan fingerprint density at radius 1 is 1.26 bits per heavy atom. The van der Waals surface area contributed by atoms with E-state index in [1.54, 1.807) is 11.9 Å². The third-order valence-corrected chi connectivity index (χ3v) is 6.21. The number of aliphatic hydroxyl groups is 1. The monoisotopic (exact) mass is 289 g/mol. The molecule has 3 unspecified atom stereocenters. The first-order valence-electron chi connectivity index (χ1n) is 7.03. The second-order valence-corrected chi connectivity index (χ2v) is 8.13. The molecule has 1 aliphatic heterocycles. The Morgan fingerprint density at radius 2 is 1.95 bits per heavy atom. The van der Waals surface area contributed by atoms with Gasteiger partial charge in [-0.25, -0.2) is 8.42 Å². The largest absolute Gasteiger partial charge is 0.391 e. The third-order valence-electron chi connectivity index (χ3n) is 4.37. The van der Waals surface area contributed by atoms with Crippen molar-refractivity contribution in [3.63, 3.8) is 0 Å². The van der Waals surface area contributed by atoms with Crippen LogP contribution in [0.4, 0.5) is 0 Å². The summed E-state index contributed by atoms with van der Waals surface area (Å²) in [5.41, 5.74) is 0. The van der Waals surface area contributed by atoms with Gasteiger partial charge in [0.05, 0.1) is 23.7 Å². The van der Waals surface area contributed by atoms with E-state index in [4.69, 9.17) is 0 Å². The van der Waals surface area contributed by atoms with Crippen molar-refractivity contribution >= 4 is 15.7 Å². The summed E-state index contributed by atoms with van der Waals surface area (Å²) < 4.78 is 22.8. The van der Waals surface area contributed by atoms with E-state index in [2.05, 4.69) is 0 Å². The SMILES string of the molecule is CN(C(=O)CC1CCS(=O)(=O)C1)C1CCCCC1O. The fourth-order valence-corrected chi connectivity index (χ4v) is 5.01. The second kappa shape index (κ2) is 5.79. The molecule has 1 saturated carbocycles. The van der Waals surface area contributed by atoms with E-state index >= 15 is 0 Å². The predicted molar refractivity (Wildman–Crippen MR) is 72.4 cm³/mol. The highest BCUT2D eigenvalue weighted by Crippen LogP contribution is 2.26. The molecule has 1 saturated heterocycles. The smallest absolute Gasteiger partial charge is 0.222 e. The maximum Gasteiger partial charge on any atom is 0.222 e. The zero-order chi connectivity index (χ0) is 14.0. The standard InChI is InChI=1S/C13H23NO4S/c1-14(11-4-2-3-5-12(11)15)13(16)8-10-6-7-19(17,18)9-10/h10-12,15H,2-9H2,1H3.